The molecule has 1 aromatic heterocycles. The molecule has 24 heavy (non-hydrogen) atoms. The highest BCUT2D eigenvalue weighted by molar-refractivity contribution is 7.09. The highest BCUT2D eigenvalue weighted by atomic mass is 32.1. The number of nitrogens with one attached hydrogen (secondary N) is 1. The second-order valence-electron chi connectivity index (χ2n) is 6.34. The number of ether oxygens (including phenoxy) is 2. The Morgan fingerprint density at radius 1 is 1.21 bits per heavy atom. The van der Waals surface area contributed by atoms with Gasteiger partial charge in [-0.05, 0) is 50.0 Å². The molecular weight excluding hydrogens is 324 g/mol. The van der Waals surface area contributed by atoms with Crippen molar-refractivity contribution in [1.29, 1.82) is 0 Å². The molecule has 2 aromatic rings. The molecule has 0 radical (unpaired) electrons. The average Bonchev–Trinajstić information content (AvgIpc) is 2.96. The molecule has 1 aromatic carbocycles. The number of piperidine rings is 1. The zero-order chi connectivity index (χ0) is 17.1. The number of aromatic nitrogens is 1. The second kappa shape index (κ2) is 7.40. The van der Waals surface area contributed by atoms with Gasteiger partial charge in [0.05, 0.1) is 19.9 Å². The molecule has 6 heteroatoms. The van der Waals surface area contributed by atoms with Crippen LogP contribution >= 0.6 is 11.3 Å². The molecule has 0 atom stereocenters. The van der Waals surface area contributed by atoms with Gasteiger partial charge in [0.25, 0.3) is 0 Å². The van der Waals surface area contributed by atoms with Gasteiger partial charge in [0.15, 0.2) is 11.5 Å². The summed E-state index contributed by atoms with van der Waals surface area (Å²) in [5, 5.41) is 0. The molecule has 1 aliphatic rings. The van der Waals surface area contributed by atoms with Crippen molar-refractivity contribution >= 4 is 11.3 Å². The summed E-state index contributed by atoms with van der Waals surface area (Å²) in [6.45, 7) is 5.32. The van der Waals surface area contributed by atoms with E-state index in [1.807, 2.05) is 18.2 Å². The Hall–Kier alpha value is -1.79. The molecule has 1 N–H and O–H groups in total. The molecule has 1 saturated heterocycles. The summed E-state index contributed by atoms with van der Waals surface area (Å²) in [7, 11) is 3.24. The number of rotatable bonds is 5. The number of benzene rings is 1. The van der Waals surface area contributed by atoms with Crippen molar-refractivity contribution in [3.63, 3.8) is 0 Å². The van der Waals surface area contributed by atoms with E-state index in [9.17, 15) is 4.79 Å². The van der Waals surface area contributed by atoms with Crippen LogP contribution in [0.15, 0.2) is 23.0 Å². The van der Waals surface area contributed by atoms with Crippen LogP contribution < -0.4 is 14.3 Å². The molecule has 0 spiro atoms. The molecular formula is C18H24N2O3S. The highest BCUT2D eigenvalue weighted by Crippen LogP contribution is 2.34. The average molecular weight is 348 g/mol. The third-order valence-electron chi connectivity index (χ3n) is 4.64. The molecule has 0 saturated carbocycles. The lowest BCUT2D eigenvalue weighted by Crippen LogP contribution is -2.32. The second-order valence-corrected chi connectivity index (χ2v) is 7.41. The molecule has 1 fully saturated rings. The molecule has 130 valence electrons. The minimum absolute atomic E-state index is 0.0137. The van der Waals surface area contributed by atoms with Gasteiger partial charge in [0, 0.05) is 17.0 Å². The van der Waals surface area contributed by atoms with E-state index in [0.717, 1.165) is 41.7 Å². The number of likely N-dealkylation sites (tertiary alicyclic amines) is 1. The lowest BCUT2D eigenvalue weighted by Gasteiger charge is -2.29. The Labute approximate surface area is 146 Å². The number of H-pyrrole nitrogens is 1. The maximum absolute atomic E-state index is 11.9. The van der Waals surface area contributed by atoms with Gasteiger partial charge in [-0.2, -0.15) is 0 Å². The lowest BCUT2D eigenvalue weighted by atomic mass is 9.99. The summed E-state index contributed by atoms with van der Waals surface area (Å²) < 4.78 is 10.7. The fourth-order valence-electron chi connectivity index (χ4n) is 3.12. The van der Waals surface area contributed by atoms with E-state index < -0.39 is 0 Å². The first-order valence-corrected chi connectivity index (χ1v) is 9.09. The van der Waals surface area contributed by atoms with E-state index >= 15 is 0 Å². The van der Waals surface area contributed by atoms with Crippen molar-refractivity contribution in [3.05, 3.63) is 32.7 Å². The van der Waals surface area contributed by atoms with E-state index in [1.165, 1.54) is 24.2 Å². The maximum atomic E-state index is 11.9. The normalized spacial score (nSPS) is 16.3. The summed E-state index contributed by atoms with van der Waals surface area (Å²) in [5.74, 6) is 2.15. The highest BCUT2D eigenvalue weighted by Gasteiger charge is 2.19. The largest absolute Gasteiger partial charge is 0.493 e. The molecule has 3 rings (SSSR count). The predicted octanol–water partition coefficient (Wildman–Crippen LogP) is 3.35. The molecule has 0 aliphatic carbocycles. The van der Waals surface area contributed by atoms with Gasteiger partial charge in [0.2, 0.25) is 0 Å². The van der Waals surface area contributed by atoms with Crippen molar-refractivity contribution in [2.24, 2.45) is 5.92 Å². The smallest absolute Gasteiger partial charge is 0.305 e. The zero-order valence-electron chi connectivity index (χ0n) is 14.4. The third kappa shape index (κ3) is 3.65. The summed E-state index contributed by atoms with van der Waals surface area (Å²) >= 11 is 1.30. The number of hydrogen-bond donors (Lipinski definition) is 1. The fourth-order valence-corrected chi connectivity index (χ4v) is 4.01. The van der Waals surface area contributed by atoms with Crippen molar-refractivity contribution < 1.29 is 9.47 Å². The Bertz CT molecular complexity index is 745. The van der Waals surface area contributed by atoms with Crippen LogP contribution in [0.1, 0.15) is 24.6 Å². The first-order chi connectivity index (χ1) is 11.6. The van der Waals surface area contributed by atoms with Crippen molar-refractivity contribution in [2.45, 2.75) is 26.3 Å². The predicted molar refractivity (Wildman–Crippen MR) is 97.2 cm³/mol. The van der Waals surface area contributed by atoms with Gasteiger partial charge in [-0.3, -0.25) is 9.69 Å². The number of nitrogens with zero attached hydrogens (tertiary/aromatic N) is 1. The van der Waals surface area contributed by atoms with Gasteiger partial charge in [-0.15, -0.1) is 0 Å². The van der Waals surface area contributed by atoms with Gasteiger partial charge >= 0.3 is 4.87 Å². The van der Waals surface area contributed by atoms with Crippen LogP contribution in [0.2, 0.25) is 0 Å². The van der Waals surface area contributed by atoms with Crippen LogP contribution in [0, 0.1) is 5.92 Å². The van der Waals surface area contributed by atoms with Crippen LogP contribution in [0.25, 0.3) is 11.3 Å². The Kier molecular flexibility index (Phi) is 5.26. The van der Waals surface area contributed by atoms with Crippen LogP contribution in [-0.4, -0.2) is 37.2 Å². The van der Waals surface area contributed by atoms with Gasteiger partial charge in [-0.25, -0.2) is 0 Å². The first kappa shape index (κ1) is 17.0. The van der Waals surface area contributed by atoms with Gasteiger partial charge < -0.3 is 14.5 Å². The van der Waals surface area contributed by atoms with Crippen molar-refractivity contribution in [3.8, 4) is 22.8 Å². The summed E-state index contributed by atoms with van der Waals surface area (Å²) in [4.78, 5) is 18.4. The molecule has 0 bridgehead atoms. The van der Waals surface area contributed by atoms with Crippen LogP contribution in [0.5, 0.6) is 11.5 Å². The number of hydrogen-bond acceptors (Lipinski definition) is 5. The summed E-state index contributed by atoms with van der Waals surface area (Å²) in [5.41, 5.74) is 1.84. The van der Waals surface area contributed by atoms with E-state index in [-0.39, 0.29) is 4.87 Å². The van der Waals surface area contributed by atoms with E-state index in [4.69, 9.17) is 9.47 Å². The minimum atomic E-state index is -0.0137. The van der Waals surface area contributed by atoms with Crippen molar-refractivity contribution in [2.75, 3.05) is 27.3 Å². The van der Waals surface area contributed by atoms with Crippen LogP contribution in [0.3, 0.4) is 0 Å². The number of thiazole rings is 1. The Balaban J connectivity index is 1.87. The van der Waals surface area contributed by atoms with Crippen LogP contribution in [-0.2, 0) is 6.54 Å². The van der Waals surface area contributed by atoms with Gasteiger partial charge in [-0.1, -0.05) is 18.3 Å². The first-order valence-electron chi connectivity index (χ1n) is 8.27. The van der Waals surface area contributed by atoms with Crippen molar-refractivity contribution in [1.82, 2.24) is 9.88 Å². The van der Waals surface area contributed by atoms with E-state index in [2.05, 4.69) is 16.8 Å². The van der Waals surface area contributed by atoms with Crippen LogP contribution in [0.4, 0.5) is 0 Å². The topological polar surface area (TPSA) is 54.6 Å². The minimum Gasteiger partial charge on any atom is -0.493 e. The lowest BCUT2D eigenvalue weighted by molar-refractivity contribution is 0.187. The maximum Gasteiger partial charge on any atom is 0.305 e. The monoisotopic (exact) mass is 348 g/mol. The molecule has 2 heterocycles. The summed E-state index contributed by atoms with van der Waals surface area (Å²) in [6, 6.07) is 5.75. The molecule has 1 aliphatic heterocycles. The number of aromatic amines is 1. The third-order valence-corrected chi connectivity index (χ3v) is 5.50. The standard InChI is InChI=1S/C18H24N2O3S/c1-12-6-8-20(9-7-12)11-16-17(19-18(21)24-16)13-4-5-14(22-2)15(10-13)23-3/h4-5,10,12H,6-9,11H2,1-3H3,(H,19,21). The quantitative estimate of drug-likeness (QED) is 0.900. The zero-order valence-corrected chi connectivity index (χ0v) is 15.2. The molecule has 0 amide bonds. The van der Waals surface area contributed by atoms with E-state index in [1.54, 1.807) is 14.2 Å². The molecule has 5 nitrogen and oxygen atoms in total. The molecule has 0 unspecified atom stereocenters. The van der Waals surface area contributed by atoms with Gasteiger partial charge in [0.1, 0.15) is 0 Å². The fraction of sp³-hybridized carbons (Fsp3) is 0.500. The Morgan fingerprint density at radius 2 is 1.92 bits per heavy atom. The summed E-state index contributed by atoms with van der Waals surface area (Å²) in [6.07, 6.45) is 2.45. The Morgan fingerprint density at radius 3 is 2.58 bits per heavy atom. The van der Waals surface area contributed by atoms with E-state index in [0.29, 0.717) is 11.5 Å². The number of methoxy groups -OCH3 is 2. The SMILES string of the molecule is COc1ccc(-c2[nH]c(=O)sc2CN2CCC(C)CC2)cc1OC.